The van der Waals surface area contributed by atoms with E-state index in [0.717, 1.165) is 0 Å². The second kappa shape index (κ2) is 19.2. The fourth-order valence-electron chi connectivity index (χ4n) is 6.19. The van der Waals surface area contributed by atoms with E-state index < -0.39 is 11.9 Å². The molecule has 0 unspecified atom stereocenters. The topological polar surface area (TPSA) is 281 Å². The summed E-state index contributed by atoms with van der Waals surface area (Å²) in [4.78, 5) is 76.2. The highest BCUT2D eigenvalue weighted by Gasteiger charge is 2.22. The minimum atomic E-state index is -0.898. The molecule has 24 nitrogen and oxygen atoms in total. The largest absolute Gasteiger partial charge is 0.424 e. The molecule has 6 heterocycles. The number of rotatable bonds is 4. The van der Waals surface area contributed by atoms with Gasteiger partial charge in [0.2, 0.25) is 21.1 Å². The second-order valence-electron chi connectivity index (χ2n) is 14.1. The zero-order valence-corrected chi connectivity index (χ0v) is 38.2. The first kappa shape index (κ1) is 45.1. The highest BCUT2D eigenvalue weighted by Crippen LogP contribution is 2.36. The van der Waals surface area contributed by atoms with Gasteiger partial charge in [-0.2, -0.15) is 39.9 Å². The number of aromatic nitrogens is 12. The summed E-state index contributed by atoms with van der Waals surface area (Å²) in [5.41, 5.74) is -0.210. The molecule has 0 N–H and O–H groups in total. The average Bonchev–Trinajstić information content (AvgIpc) is 3.31. The quantitative estimate of drug-likeness (QED) is 0.117. The van der Waals surface area contributed by atoms with Crippen LogP contribution in [0.1, 0.15) is 20.7 Å². The molecule has 354 valence electrons. The third kappa shape index (κ3) is 10.9. The minimum absolute atomic E-state index is 0.0278. The SMILES string of the molecule is O=C(Oc1ccc(OC(=O)c2cc3cc(c2)Oc2nc(Cl)nc(n2)Oc2cccc(c2)Oc2nc(Cl)nc(n2)O3)cc1)c1cc2cc(c1)Oc1nc(Cl)nc(n1)Oc1cccc(c1)Oc1nc(Cl)nc(n1)O2. The smallest absolute Gasteiger partial charge is 0.343 e. The van der Waals surface area contributed by atoms with Crippen LogP contribution in [0, 0.1) is 0 Å². The third-order valence-corrected chi connectivity index (χ3v) is 9.70. The van der Waals surface area contributed by atoms with Crippen molar-refractivity contribution in [3.05, 3.63) is 141 Å². The van der Waals surface area contributed by atoms with Gasteiger partial charge in [-0.25, -0.2) is 9.59 Å². The molecule has 11 rings (SSSR count). The molecule has 0 spiro atoms. The maximum absolute atomic E-state index is 13.7. The Kier molecular flexibility index (Phi) is 12.0. The molecule has 0 saturated heterocycles. The standard InChI is InChI=1S/C44H18Cl4N12O12/c45-33-49-37-57-41(53-33)69-27-11-19(12-28(17-27)70-42-54-34(46)50-38(58-42)66-24-4-1-3-23(15-24)65-37)31(61)63-21-7-9-22(10-8-21)64-32(62)20-13-29-18-30(14-20)72-44-56-36(48)52-40(60-44)68-26-6-2-5-25(16-26)67-39-51-35(47)55-43(59-39)71-29/h1-18H. The highest BCUT2D eigenvalue weighted by atomic mass is 35.5. The molecule has 4 aromatic heterocycles. The van der Waals surface area contributed by atoms with E-state index in [9.17, 15) is 9.59 Å². The summed E-state index contributed by atoms with van der Waals surface area (Å²) in [5, 5.41) is -1.08. The lowest BCUT2D eigenvalue weighted by Gasteiger charge is -2.13. The van der Waals surface area contributed by atoms with E-state index in [1.54, 1.807) is 36.4 Å². The van der Waals surface area contributed by atoms with Crippen molar-refractivity contribution in [3.63, 3.8) is 0 Å². The summed E-state index contributed by atoms with van der Waals surface area (Å²) in [6.45, 7) is 0. The molecule has 28 heteroatoms. The molecule has 0 radical (unpaired) electrons. The molecule has 0 amide bonds. The zero-order chi connectivity index (χ0) is 49.3. The van der Waals surface area contributed by atoms with E-state index in [-0.39, 0.29) is 138 Å². The van der Waals surface area contributed by atoms with Gasteiger partial charge < -0.3 is 47.4 Å². The van der Waals surface area contributed by atoms with Gasteiger partial charge in [-0.3, -0.25) is 0 Å². The Balaban J connectivity index is 0.842. The molecule has 16 bridgehead atoms. The summed E-state index contributed by atoms with van der Waals surface area (Å²) in [6.07, 6.45) is 0. The number of nitrogens with zero attached hydrogens (tertiary/aromatic N) is 12. The summed E-state index contributed by atoms with van der Waals surface area (Å²) < 4.78 is 58.1. The van der Waals surface area contributed by atoms with Gasteiger partial charge in [-0.15, -0.1) is 19.9 Å². The summed E-state index contributed by atoms with van der Waals surface area (Å²) in [5.74, 6) is -0.924. The van der Waals surface area contributed by atoms with Crippen LogP contribution in [0.2, 0.25) is 21.1 Å². The summed E-state index contributed by atoms with van der Waals surface area (Å²) in [6, 6.07) is 23.9. The van der Waals surface area contributed by atoms with Crippen molar-refractivity contribution >= 4 is 58.3 Å². The number of esters is 2. The second-order valence-corrected chi connectivity index (χ2v) is 15.4. The van der Waals surface area contributed by atoms with Crippen LogP contribution in [-0.4, -0.2) is 71.7 Å². The van der Waals surface area contributed by atoms with Crippen LogP contribution >= 0.6 is 46.4 Å². The number of carbonyl (C=O) groups is 2. The van der Waals surface area contributed by atoms with Crippen LogP contribution < -0.4 is 47.4 Å². The van der Waals surface area contributed by atoms with Crippen molar-refractivity contribution in [2.45, 2.75) is 0 Å². The lowest BCUT2D eigenvalue weighted by Crippen LogP contribution is -2.10. The number of hydrogen-bond acceptors (Lipinski definition) is 24. The van der Waals surface area contributed by atoms with Gasteiger partial charge in [0.05, 0.1) is 11.1 Å². The van der Waals surface area contributed by atoms with E-state index in [0.29, 0.717) is 0 Å². The molecular weight excluding hydrogens is 1030 g/mol. The minimum Gasteiger partial charge on any atom is -0.424 e. The molecular formula is C44H18Cl4N12O12. The number of hydrogen-bond donors (Lipinski definition) is 0. The van der Waals surface area contributed by atoms with Crippen LogP contribution in [0.25, 0.3) is 0 Å². The Morgan fingerprint density at radius 3 is 0.778 bits per heavy atom. The predicted octanol–water partition coefficient (Wildman–Crippen LogP) is 10.4. The van der Waals surface area contributed by atoms with Gasteiger partial charge in [-0.05, 0) is 119 Å². The molecule has 2 aliphatic rings. The van der Waals surface area contributed by atoms with Gasteiger partial charge in [0.25, 0.3) is 0 Å². The van der Waals surface area contributed by atoms with Crippen LogP contribution in [0.5, 0.6) is 106 Å². The fourth-order valence-corrected chi connectivity index (χ4v) is 6.77. The Morgan fingerprint density at radius 2 is 0.528 bits per heavy atom. The van der Waals surface area contributed by atoms with Crippen molar-refractivity contribution < 1.29 is 57.0 Å². The molecule has 0 atom stereocenters. The third-order valence-electron chi connectivity index (χ3n) is 9.03. The van der Waals surface area contributed by atoms with Crippen LogP contribution in [0.4, 0.5) is 0 Å². The Bertz CT molecular complexity index is 3230. The van der Waals surface area contributed by atoms with E-state index in [2.05, 4.69) is 59.8 Å². The first-order chi connectivity index (χ1) is 34.9. The predicted molar refractivity (Wildman–Crippen MR) is 242 cm³/mol. The molecule has 0 saturated carbocycles. The van der Waals surface area contributed by atoms with Crippen LogP contribution in [-0.2, 0) is 0 Å². The van der Waals surface area contributed by atoms with Gasteiger partial charge >= 0.3 is 60.0 Å². The van der Waals surface area contributed by atoms with E-state index in [1.807, 2.05) is 0 Å². The first-order valence-corrected chi connectivity index (χ1v) is 21.6. The molecule has 72 heavy (non-hydrogen) atoms. The van der Waals surface area contributed by atoms with Gasteiger partial charge in [0.15, 0.2) is 0 Å². The van der Waals surface area contributed by atoms with Gasteiger partial charge in [0.1, 0.15) is 57.5 Å². The number of carbonyl (C=O) groups excluding carboxylic acids is 2. The number of halogens is 4. The monoisotopic (exact) mass is 1050 g/mol. The van der Waals surface area contributed by atoms with Crippen molar-refractivity contribution in [2.75, 3.05) is 0 Å². The summed E-state index contributed by atoms with van der Waals surface area (Å²) in [7, 11) is 0. The Labute approximate surface area is 420 Å². The lowest BCUT2D eigenvalue weighted by molar-refractivity contribution is 0.0719. The molecule has 2 aliphatic heterocycles. The van der Waals surface area contributed by atoms with Crippen LogP contribution in [0.15, 0.2) is 109 Å². The van der Waals surface area contributed by atoms with E-state index in [1.165, 1.54) is 72.8 Å². The van der Waals surface area contributed by atoms with Crippen LogP contribution in [0.3, 0.4) is 0 Å². The van der Waals surface area contributed by atoms with Gasteiger partial charge in [-0.1, -0.05) is 12.1 Å². The van der Waals surface area contributed by atoms with Crippen molar-refractivity contribution in [3.8, 4) is 106 Å². The maximum Gasteiger partial charge on any atom is 0.343 e. The normalized spacial score (nSPS) is 12.1. The Morgan fingerprint density at radius 1 is 0.306 bits per heavy atom. The van der Waals surface area contributed by atoms with Crippen molar-refractivity contribution in [1.29, 1.82) is 0 Å². The number of ether oxygens (including phenoxy) is 10. The van der Waals surface area contributed by atoms with Gasteiger partial charge in [0, 0.05) is 24.3 Å². The number of benzene rings is 5. The average molecular weight is 1050 g/mol. The summed E-state index contributed by atoms with van der Waals surface area (Å²) >= 11 is 24.8. The maximum atomic E-state index is 13.7. The van der Waals surface area contributed by atoms with Crippen molar-refractivity contribution in [2.24, 2.45) is 0 Å². The first-order valence-electron chi connectivity index (χ1n) is 20.0. The van der Waals surface area contributed by atoms with E-state index in [4.69, 9.17) is 93.8 Å². The molecule has 0 fully saturated rings. The highest BCUT2D eigenvalue weighted by molar-refractivity contribution is 6.29. The lowest BCUT2D eigenvalue weighted by atomic mass is 10.2. The molecule has 5 aromatic carbocycles. The molecule has 0 aliphatic carbocycles. The zero-order valence-electron chi connectivity index (χ0n) is 35.2. The Hall–Kier alpha value is -9.36. The van der Waals surface area contributed by atoms with E-state index >= 15 is 0 Å². The van der Waals surface area contributed by atoms with Crippen molar-refractivity contribution in [1.82, 2.24) is 59.8 Å². The fraction of sp³-hybridized carbons (Fsp3) is 0. The molecule has 9 aromatic rings. The number of fused-ring (bicyclic) bond motifs is 16.